The molecule has 4 nitrogen and oxygen atoms in total. The predicted octanol–water partition coefficient (Wildman–Crippen LogP) is 3.54. The maximum Gasteiger partial charge on any atom is 0.336 e. The van der Waals surface area contributed by atoms with E-state index in [-0.39, 0.29) is 18.3 Å². The van der Waals surface area contributed by atoms with Gasteiger partial charge in [-0.05, 0) is 30.2 Å². The molecule has 0 radical (unpaired) electrons. The highest BCUT2D eigenvalue weighted by Gasteiger charge is 2.31. The van der Waals surface area contributed by atoms with Gasteiger partial charge < -0.3 is 9.15 Å². The standard InChI is InChI=1S/C19H14O4/c1-11-9-16(20)23-19-13(11)7-8-15-18(19)14(10-17(21)22-15)12-5-3-2-4-6-12/h2-9,14H,10H2,1H3/t14-/m1/s1. The number of fused-ring (bicyclic) bond motifs is 3. The second-order valence-corrected chi connectivity index (χ2v) is 5.74. The molecule has 1 aliphatic rings. The highest BCUT2D eigenvalue weighted by molar-refractivity contribution is 5.89. The highest BCUT2D eigenvalue weighted by Crippen LogP contribution is 2.42. The Balaban J connectivity index is 2.06. The van der Waals surface area contributed by atoms with Crippen molar-refractivity contribution in [2.24, 2.45) is 0 Å². The fraction of sp³-hybridized carbons (Fsp3) is 0.158. The van der Waals surface area contributed by atoms with Gasteiger partial charge in [0.05, 0.1) is 6.42 Å². The molecule has 23 heavy (non-hydrogen) atoms. The molecule has 4 rings (SSSR count). The van der Waals surface area contributed by atoms with Crippen LogP contribution in [0, 0.1) is 6.92 Å². The van der Waals surface area contributed by atoms with Crippen molar-refractivity contribution in [1.82, 2.24) is 0 Å². The minimum atomic E-state index is -0.396. The first-order chi connectivity index (χ1) is 11.1. The van der Waals surface area contributed by atoms with E-state index in [0.717, 1.165) is 22.1 Å². The van der Waals surface area contributed by atoms with E-state index in [9.17, 15) is 9.59 Å². The summed E-state index contributed by atoms with van der Waals surface area (Å²) in [6.07, 6.45) is 0.230. The maximum absolute atomic E-state index is 12.0. The molecule has 0 spiro atoms. The van der Waals surface area contributed by atoms with Crippen molar-refractivity contribution in [2.45, 2.75) is 19.3 Å². The maximum atomic E-state index is 12.0. The number of esters is 1. The SMILES string of the molecule is Cc1cc(=O)oc2c3c(ccc12)OC(=O)C[C@@H]3c1ccccc1. The van der Waals surface area contributed by atoms with Gasteiger partial charge in [-0.25, -0.2) is 4.79 Å². The van der Waals surface area contributed by atoms with Gasteiger partial charge in [0.15, 0.2) is 0 Å². The summed E-state index contributed by atoms with van der Waals surface area (Å²) in [5.74, 6) is 0.0122. The van der Waals surface area contributed by atoms with Gasteiger partial charge in [0.2, 0.25) is 0 Å². The summed E-state index contributed by atoms with van der Waals surface area (Å²) in [7, 11) is 0. The van der Waals surface area contributed by atoms with Crippen LogP contribution in [0.15, 0.2) is 57.7 Å². The van der Waals surface area contributed by atoms with Gasteiger partial charge in [-0.15, -0.1) is 0 Å². The molecule has 0 amide bonds. The molecular weight excluding hydrogens is 292 g/mol. The Morgan fingerprint density at radius 1 is 1.04 bits per heavy atom. The fourth-order valence-corrected chi connectivity index (χ4v) is 3.21. The third kappa shape index (κ3) is 2.23. The van der Waals surface area contributed by atoms with Crippen LogP contribution in [-0.2, 0) is 4.79 Å². The number of hydrogen-bond acceptors (Lipinski definition) is 4. The van der Waals surface area contributed by atoms with Crippen LogP contribution in [-0.4, -0.2) is 5.97 Å². The fourth-order valence-electron chi connectivity index (χ4n) is 3.21. The molecule has 2 aromatic carbocycles. The lowest BCUT2D eigenvalue weighted by Crippen LogP contribution is -2.21. The van der Waals surface area contributed by atoms with Crippen molar-refractivity contribution in [2.75, 3.05) is 0 Å². The van der Waals surface area contributed by atoms with Gasteiger partial charge in [0.1, 0.15) is 11.3 Å². The monoisotopic (exact) mass is 306 g/mol. The smallest absolute Gasteiger partial charge is 0.336 e. The summed E-state index contributed by atoms with van der Waals surface area (Å²) < 4.78 is 10.9. The number of ether oxygens (including phenoxy) is 1. The van der Waals surface area contributed by atoms with Crippen molar-refractivity contribution >= 4 is 16.9 Å². The minimum Gasteiger partial charge on any atom is -0.426 e. The van der Waals surface area contributed by atoms with E-state index in [0.29, 0.717) is 11.3 Å². The average molecular weight is 306 g/mol. The van der Waals surface area contributed by atoms with Crippen molar-refractivity contribution in [1.29, 1.82) is 0 Å². The lowest BCUT2D eigenvalue weighted by atomic mass is 9.85. The second kappa shape index (κ2) is 5.09. The van der Waals surface area contributed by atoms with E-state index in [1.54, 1.807) is 6.07 Å². The number of aryl methyl sites for hydroxylation is 1. The summed E-state index contributed by atoms with van der Waals surface area (Å²) in [5, 5.41) is 0.863. The van der Waals surface area contributed by atoms with Crippen LogP contribution >= 0.6 is 0 Å². The van der Waals surface area contributed by atoms with Gasteiger partial charge >= 0.3 is 11.6 Å². The second-order valence-electron chi connectivity index (χ2n) is 5.74. The Morgan fingerprint density at radius 3 is 2.61 bits per heavy atom. The van der Waals surface area contributed by atoms with Gasteiger partial charge in [-0.2, -0.15) is 0 Å². The zero-order valence-corrected chi connectivity index (χ0v) is 12.5. The van der Waals surface area contributed by atoms with Gasteiger partial charge in [-0.3, -0.25) is 4.79 Å². The summed E-state index contributed by atoms with van der Waals surface area (Å²) in [6.45, 7) is 1.87. The summed E-state index contributed by atoms with van der Waals surface area (Å²) in [5.41, 5.74) is 2.74. The van der Waals surface area contributed by atoms with Crippen LogP contribution in [0.2, 0.25) is 0 Å². The van der Waals surface area contributed by atoms with E-state index in [1.807, 2.05) is 43.3 Å². The van der Waals surface area contributed by atoms with Crippen LogP contribution < -0.4 is 10.4 Å². The first kappa shape index (κ1) is 13.8. The largest absolute Gasteiger partial charge is 0.426 e. The molecule has 0 N–H and O–H groups in total. The Morgan fingerprint density at radius 2 is 1.83 bits per heavy atom. The molecule has 0 aliphatic carbocycles. The topological polar surface area (TPSA) is 56.5 Å². The molecule has 0 bridgehead atoms. The molecule has 114 valence electrons. The zero-order valence-electron chi connectivity index (χ0n) is 12.5. The summed E-state index contributed by atoms with van der Waals surface area (Å²) in [6, 6.07) is 14.8. The Labute approximate surface area is 132 Å². The zero-order chi connectivity index (χ0) is 16.0. The van der Waals surface area contributed by atoms with E-state index < -0.39 is 5.63 Å². The minimum absolute atomic E-state index is 0.180. The van der Waals surface area contributed by atoms with E-state index >= 15 is 0 Å². The molecule has 2 heterocycles. The van der Waals surface area contributed by atoms with Crippen LogP contribution in [0.4, 0.5) is 0 Å². The molecule has 0 unspecified atom stereocenters. The van der Waals surface area contributed by atoms with Crippen molar-refractivity contribution in [3.8, 4) is 5.75 Å². The average Bonchev–Trinajstić information content (AvgIpc) is 2.54. The Bertz CT molecular complexity index is 970. The van der Waals surface area contributed by atoms with E-state index in [4.69, 9.17) is 9.15 Å². The third-order valence-electron chi connectivity index (χ3n) is 4.26. The highest BCUT2D eigenvalue weighted by atomic mass is 16.5. The number of rotatable bonds is 1. The molecular formula is C19H14O4. The summed E-state index contributed by atoms with van der Waals surface area (Å²) in [4.78, 5) is 23.8. The van der Waals surface area contributed by atoms with E-state index in [1.165, 1.54) is 6.07 Å². The van der Waals surface area contributed by atoms with Crippen molar-refractivity contribution in [3.05, 3.63) is 75.6 Å². The quantitative estimate of drug-likeness (QED) is 0.392. The summed E-state index contributed by atoms with van der Waals surface area (Å²) >= 11 is 0. The van der Waals surface area contributed by atoms with E-state index in [2.05, 4.69) is 0 Å². The number of carbonyl (C=O) groups is 1. The van der Waals surface area contributed by atoms with Crippen LogP contribution in [0.25, 0.3) is 11.0 Å². The third-order valence-corrected chi connectivity index (χ3v) is 4.26. The predicted molar refractivity (Wildman–Crippen MR) is 85.8 cm³/mol. The number of carbonyl (C=O) groups excluding carboxylic acids is 1. The first-order valence-corrected chi connectivity index (χ1v) is 7.46. The molecule has 0 fully saturated rings. The number of hydrogen-bond donors (Lipinski definition) is 0. The Kier molecular flexibility index (Phi) is 3.05. The normalized spacial score (nSPS) is 16.9. The molecule has 0 saturated carbocycles. The molecule has 3 aromatic rings. The van der Waals surface area contributed by atoms with Gasteiger partial charge in [0.25, 0.3) is 0 Å². The Hall–Kier alpha value is -2.88. The van der Waals surface area contributed by atoms with Crippen molar-refractivity contribution in [3.63, 3.8) is 0 Å². The molecule has 1 aliphatic heterocycles. The van der Waals surface area contributed by atoms with Crippen LogP contribution in [0.5, 0.6) is 5.75 Å². The van der Waals surface area contributed by atoms with Gasteiger partial charge in [0, 0.05) is 22.9 Å². The molecule has 0 saturated heterocycles. The number of benzene rings is 2. The lowest BCUT2D eigenvalue weighted by Gasteiger charge is -2.25. The molecule has 4 heteroatoms. The molecule has 1 aromatic heterocycles. The van der Waals surface area contributed by atoms with Crippen molar-refractivity contribution < 1.29 is 13.9 Å². The first-order valence-electron chi connectivity index (χ1n) is 7.46. The lowest BCUT2D eigenvalue weighted by molar-refractivity contribution is -0.135. The molecule has 1 atom stereocenters. The van der Waals surface area contributed by atoms with Gasteiger partial charge in [-0.1, -0.05) is 30.3 Å². The van der Waals surface area contributed by atoms with Crippen LogP contribution in [0.3, 0.4) is 0 Å². The van der Waals surface area contributed by atoms with Crippen LogP contribution in [0.1, 0.15) is 29.0 Å².